The van der Waals surface area contributed by atoms with Crippen LogP contribution < -0.4 is 11.1 Å². The van der Waals surface area contributed by atoms with Crippen molar-refractivity contribution < 1.29 is 4.79 Å². The molecule has 1 aromatic carbocycles. The third-order valence-electron chi connectivity index (χ3n) is 3.26. The summed E-state index contributed by atoms with van der Waals surface area (Å²) in [5.41, 5.74) is 8.81. The summed E-state index contributed by atoms with van der Waals surface area (Å²) in [5.74, 6) is 0.303. The first-order chi connectivity index (χ1) is 9.58. The Bertz CT molecular complexity index is 546. The van der Waals surface area contributed by atoms with Gasteiger partial charge < -0.3 is 11.1 Å². The lowest BCUT2D eigenvalue weighted by Crippen LogP contribution is -2.32. The number of amides is 1. The monoisotopic (exact) mass is 272 g/mol. The normalized spacial score (nSPS) is 12.4. The fourth-order valence-corrected chi connectivity index (χ4v) is 1.93. The van der Waals surface area contributed by atoms with E-state index in [2.05, 4.69) is 41.5 Å². The van der Waals surface area contributed by atoms with Gasteiger partial charge in [0.2, 0.25) is 0 Å². The summed E-state index contributed by atoms with van der Waals surface area (Å²) in [5, 5.41) is 9.14. The minimum atomic E-state index is -0.219. The highest BCUT2D eigenvalue weighted by Crippen LogP contribution is 2.17. The van der Waals surface area contributed by atoms with Gasteiger partial charge in [0, 0.05) is 18.8 Å². The molecule has 0 aliphatic rings. The third kappa shape index (κ3) is 3.45. The van der Waals surface area contributed by atoms with E-state index in [0.717, 1.165) is 5.56 Å². The minimum Gasteiger partial charge on any atom is -0.349 e. The number of nitrogens with one attached hydrogen (secondary N) is 2. The SMILES string of the molecule is CC(C)c1ccc(C(N)CNC(=O)c2ccn[nH]2)cc1. The van der Waals surface area contributed by atoms with Crippen molar-refractivity contribution >= 4 is 5.91 Å². The van der Waals surface area contributed by atoms with E-state index in [1.54, 1.807) is 12.3 Å². The van der Waals surface area contributed by atoms with Gasteiger partial charge in [-0.25, -0.2) is 0 Å². The van der Waals surface area contributed by atoms with Crippen LogP contribution >= 0.6 is 0 Å². The molecule has 0 saturated carbocycles. The maximum absolute atomic E-state index is 11.7. The largest absolute Gasteiger partial charge is 0.349 e. The zero-order chi connectivity index (χ0) is 14.5. The molecule has 20 heavy (non-hydrogen) atoms. The lowest BCUT2D eigenvalue weighted by atomic mass is 9.99. The highest BCUT2D eigenvalue weighted by atomic mass is 16.1. The highest BCUT2D eigenvalue weighted by molar-refractivity contribution is 5.92. The highest BCUT2D eigenvalue weighted by Gasteiger charge is 2.10. The standard InChI is InChI=1S/C15H20N4O/c1-10(2)11-3-5-12(6-4-11)13(16)9-17-15(20)14-7-8-18-19-14/h3-8,10,13H,9,16H2,1-2H3,(H,17,20)(H,18,19). The van der Waals surface area contributed by atoms with Crippen LogP contribution in [-0.2, 0) is 0 Å². The molecule has 5 heteroatoms. The second-order valence-electron chi connectivity index (χ2n) is 5.11. The van der Waals surface area contributed by atoms with Gasteiger partial charge in [0.25, 0.3) is 5.91 Å². The average Bonchev–Trinajstić information content (AvgIpc) is 2.98. The number of hydrogen-bond donors (Lipinski definition) is 3. The molecule has 1 heterocycles. The fourth-order valence-electron chi connectivity index (χ4n) is 1.93. The molecule has 0 aliphatic carbocycles. The maximum atomic E-state index is 11.7. The number of carbonyl (C=O) groups is 1. The van der Waals surface area contributed by atoms with Gasteiger partial charge in [-0.3, -0.25) is 9.89 Å². The topological polar surface area (TPSA) is 83.8 Å². The zero-order valence-electron chi connectivity index (χ0n) is 11.8. The van der Waals surface area contributed by atoms with Gasteiger partial charge >= 0.3 is 0 Å². The molecule has 0 radical (unpaired) electrons. The summed E-state index contributed by atoms with van der Waals surface area (Å²) in [6, 6.07) is 9.60. The van der Waals surface area contributed by atoms with Crippen LogP contribution in [0.2, 0.25) is 0 Å². The Balaban J connectivity index is 1.91. The van der Waals surface area contributed by atoms with Gasteiger partial charge in [-0.05, 0) is 23.1 Å². The molecule has 0 spiro atoms. The number of rotatable bonds is 5. The van der Waals surface area contributed by atoms with Crippen LogP contribution in [0.15, 0.2) is 36.5 Å². The second-order valence-corrected chi connectivity index (χ2v) is 5.11. The maximum Gasteiger partial charge on any atom is 0.269 e. The van der Waals surface area contributed by atoms with E-state index in [4.69, 9.17) is 5.73 Å². The van der Waals surface area contributed by atoms with Crippen LogP contribution in [0.3, 0.4) is 0 Å². The Morgan fingerprint density at radius 1 is 1.25 bits per heavy atom. The lowest BCUT2D eigenvalue weighted by Gasteiger charge is -2.14. The van der Waals surface area contributed by atoms with E-state index < -0.39 is 0 Å². The lowest BCUT2D eigenvalue weighted by molar-refractivity contribution is 0.0946. The van der Waals surface area contributed by atoms with Crippen molar-refractivity contribution in [3.63, 3.8) is 0 Å². The smallest absolute Gasteiger partial charge is 0.269 e. The number of benzene rings is 1. The molecule has 0 bridgehead atoms. The predicted octanol–water partition coefficient (Wildman–Crippen LogP) is 1.96. The van der Waals surface area contributed by atoms with Crippen LogP contribution in [0.1, 0.15) is 47.4 Å². The predicted molar refractivity (Wildman–Crippen MR) is 78.4 cm³/mol. The molecule has 2 aromatic rings. The number of nitrogens with two attached hydrogens (primary N) is 1. The molecule has 1 unspecified atom stereocenters. The fraction of sp³-hybridized carbons (Fsp3) is 0.333. The Labute approximate surface area is 118 Å². The molecule has 5 nitrogen and oxygen atoms in total. The van der Waals surface area contributed by atoms with E-state index in [0.29, 0.717) is 18.2 Å². The molecule has 1 atom stereocenters. The molecule has 2 rings (SSSR count). The Kier molecular flexibility index (Phi) is 4.53. The molecule has 0 saturated heterocycles. The van der Waals surface area contributed by atoms with Crippen molar-refractivity contribution in [2.75, 3.05) is 6.54 Å². The van der Waals surface area contributed by atoms with Crippen molar-refractivity contribution in [2.24, 2.45) is 5.73 Å². The Morgan fingerprint density at radius 2 is 1.90 bits per heavy atom. The van der Waals surface area contributed by atoms with Crippen molar-refractivity contribution in [3.05, 3.63) is 53.3 Å². The van der Waals surface area contributed by atoms with Crippen LogP contribution in [-0.4, -0.2) is 22.6 Å². The summed E-state index contributed by atoms with van der Waals surface area (Å²) in [6.07, 6.45) is 1.54. The first-order valence-corrected chi connectivity index (χ1v) is 6.71. The van der Waals surface area contributed by atoms with Crippen LogP contribution in [0.5, 0.6) is 0 Å². The molecule has 1 aromatic heterocycles. The zero-order valence-corrected chi connectivity index (χ0v) is 11.8. The summed E-state index contributed by atoms with van der Waals surface area (Å²) < 4.78 is 0. The van der Waals surface area contributed by atoms with Gasteiger partial charge in [-0.1, -0.05) is 38.1 Å². The molecular weight excluding hydrogens is 252 g/mol. The van der Waals surface area contributed by atoms with E-state index in [1.807, 2.05) is 12.1 Å². The van der Waals surface area contributed by atoms with E-state index in [9.17, 15) is 4.79 Å². The minimum absolute atomic E-state index is 0.197. The Morgan fingerprint density at radius 3 is 2.45 bits per heavy atom. The van der Waals surface area contributed by atoms with Crippen molar-refractivity contribution in [1.82, 2.24) is 15.5 Å². The molecule has 4 N–H and O–H groups in total. The third-order valence-corrected chi connectivity index (χ3v) is 3.26. The number of carbonyl (C=O) groups excluding carboxylic acids is 1. The van der Waals surface area contributed by atoms with Gasteiger partial charge in [-0.2, -0.15) is 5.10 Å². The first-order valence-electron chi connectivity index (χ1n) is 6.71. The van der Waals surface area contributed by atoms with Crippen LogP contribution in [0.25, 0.3) is 0 Å². The average molecular weight is 272 g/mol. The molecular formula is C15H20N4O. The number of hydrogen-bond acceptors (Lipinski definition) is 3. The number of H-pyrrole nitrogens is 1. The quantitative estimate of drug-likeness (QED) is 0.778. The molecule has 106 valence electrons. The number of aromatic nitrogens is 2. The van der Waals surface area contributed by atoms with Crippen LogP contribution in [0, 0.1) is 0 Å². The summed E-state index contributed by atoms with van der Waals surface area (Å²) >= 11 is 0. The Hall–Kier alpha value is -2.14. The second kappa shape index (κ2) is 6.34. The van der Waals surface area contributed by atoms with E-state index in [-0.39, 0.29) is 11.9 Å². The van der Waals surface area contributed by atoms with Crippen LogP contribution in [0.4, 0.5) is 0 Å². The first kappa shape index (κ1) is 14.3. The van der Waals surface area contributed by atoms with E-state index in [1.165, 1.54) is 5.56 Å². The summed E-state index contributed by atoms with van der Waals surface area (Å²) in [4.78, 5) is 11.7. The van der Waals surface area contributed by atoms with Gasteiger partial charge in [0.15, 0.2) is 0 Å². The van der Waals surface area contributed by atoms with Crippen molar-refractivity contribution in [3.8, 4) is 0 Å². The van der Waals surface area contributed by atoms with E-state index >= 15 is 0 Å². The van der Waals surface area contributed by atoms with Gasteiger partial charge in [-0.15, -0.1) is 0 Å². The van der Waals surface area contributed by atoms with Gasteiger partial charge in [0.1, 0.15) is 5.69 Å². The summed E-state index contributed by atoms with van der Waals surface area (Å²) in [7, 11) is 0. The van der Waals surface area contributed by atoms with Crippen molar-refractivity contribution in [2.45, 2.75) is 25.8 Å². The van der Waals surface area contributed by atoms with Crippen molar-refractivity contribution in [1.29, 1.82) is 0 Å². The van der Waals surface area contributed by atoms with Gasteiger partial charge in [0.05, 0.1) is 0 Å². The number of nitrogens with zero attached hydrogens (tertiary/aromatic N) is 1. The number of aromatic amines is 1. The molecule has 0 aliphatic heterocycles. The molecule has 1 amide bonds. The molecule has 0 fully saturated rings. The summed E-state index contributed by atoms with van der Waals surface area (Å²) in [6.45, 7) is 4.69.